The molecule has 1 heterocycles. The number of nitrogens with one attached hydrogen (secondary N) is 1. The van der Waals surface area contributed by atoms with E-state index in [0.29, 0.717) is 35.8 Å². The lowest BCUT2D eigenvalue weighted by Crippen LogP contribution is -2.08. The summed E-state index contributed by atoms with van der Waals surface area (Å²) >= 11 is 0. The number of carbonyl (C=O) groups excluding carboxylic acids is 1. The lowest BCUT2D eigenvalue weighted by atomic mass is 10.0. The number of Topliss-reactive ketones (excluding diaryl/α,β-unsaturated/α-hetero) is 1. The van der Waals surface area contributed by atoms with Gasteiger partial charge in [-0.15, -0.1) is 0 Å². The highest BCUT2D eigenvalue weighted by molar-refractivity contribution is 5.97. The number of nitrogens with zero attached hydrogens (tertiary/aromatic N) is 2. The van der Waals surface area contributed by atoms with Gasteiger partial charge in [0.15, 0.2) is 5.78 Å². The summed E-state index contributed by atoms with van der Waals surface area (Å²) in [6.07, 6.45) is 4.91. The summed E-state index contributed by atoms with van der Waals surface area (Å²) in [5.74, 6) is 0.690. The highest BCUT2D eigenvalue weighted by Crippen LogP contribution is 2.20. The van der Waals surface area contributed by atoms with E-state index in [0.717, 1.165) is 11.1 Å². The molecule has 0 atom stereocenters. The Morgan fingerprint density at radius 1 is 1.00 bits per heavy atom. The predicted molar refractivity (Wildman–Crippen MR) is 108 cm³/mol. The smallest absolute Gasteiger partial charge is 0.227 e. The molecular formula is C22H22FN3O3. The first-order valence-corrected chi connectivity index (χ1v) is 9.11. The highest BCUT2D eigenvalue weighted by Gasteiger charge is 2.10. The van der Waals surface area contributed by atoms with Gasteiger partial charge in [-0.1, -0.05) is 0 Å². The van der Waals surface area contributed by atoms with Gasteiger partial charge in [0.05, 0.1) is 7.11 Å². The number of ketones is 1. The zero-order chi connectivity index (χ0) is 20.6. The van der Waals surface area contributed by atoms with Crippen molar-refractivity contribution in [3.05, 3.63) is 77.4 Å². The summed E-state index contributed by atoms with van der Waals surface area (Å²) in [5, 5.41) is 3.02. The number of hydrogen-bond donors (Lipinski definition) is 1. The van der Waals surface area contributed by atoms with Crippen molar-refractivity contribution in [1.29, 1.82) is 0 Å². The van der Waals surface area contributed by atoms with Crippen LogP contribution in [0.2, 0.25) is 0 Å². The van der Waals surface area contributed by atoms with E-state index in [4.69, 9.17) is 9.47 Å². The summed E-state index contributed by atoms with van der Waals surface area (Å²) in [4.78, 5) is 20.7. The first kappa shape index (κ1) is 20.4. The second kappa shape index (κ2) is 9.75. The Balaban J connectivity index is 1.64. The van der Waals surface area contributed by atoms with Crippen LogP contribution in [0.5, 0.6) is 5.75 Å². The van der Waals surface area contributed by atoms with Crippen molar-refractivity contribution < 1.29 is 18.7 Å². The van der Waals surface area contributed by atoms with Gasteiger partial charge in [0.2, 0.25) is 5.95 Å². The van der Waals surface area contributed by atoms with Crippen molar-refractivity contribution in [2.24, 2.45) is 0 Å². The van der Waals surface area contributed by atoms with Gasteiger partial charge in [0.25, 0.3) is 0 Å². The van der Waals surface area contributed by atoms with Gasteiger partial charge in [-0.05, 0) is 66.4 Å². The molecular weight excluding hydrogens is 373 g/mol. The van der Waals surface area contributed by atoms with Crippen LogP contribution >= 0.6 is 0 Å². The van der Waals surface area contributed by atoms with E-state index in [1.165, 1.54) is 19.2 Å². The number of aromatic nitrogens is 2. The Bertz CT molecular complexity index is 960. The van der Waals surface area contributed by atoms with Crippen LogP contribution in [0, 0.1) is 5.82 Å². The average molecular weight is 395 g/mol. The van der Waals surface area contributed by atoms with Crippen LogP contribution in [0.3, 0.4) is 0 Å². The van der Waals surface area contributed by atoms with Crippen LogP contribution in [0.25, 0.3) is 0 Å². The maximum atomic E-state index is 13.0. The van der Waals surface area contributed by atoms with Gasteiger partial charge < -0.3 is 14.8 Å². The predicted octanol–water partition coefficient (Wildman–Crippen LogP) is 3.98. The van der Waals surface area contributed by atoms with Crippen LogP contribution in [-0.4, -0.2) is 36.6 Å². The van der Waals surface area contributed by atoms with Gasteiger partial charge in [0.1, 0.15) is 18.2 Å². The average Bonchev–Trinajstić information content (AvgIpc) is 2.75. The SMILES string of the molecule is COCC(=O)c1cc(CCc2cnc(Nc3ccc(F)cc3)nc2)cc(OC)c1. The minimum absolute atomic E-state index is 0.0307. The summed E-state index contributed by atoms with van der Waals surface area (Å²) < 4.78 is 23.2. The number of carbonyl (C=O) groups is 1. The molecule has 29 heavy (non-hydrogen) atoms. The largest absolute Gasteiger partial charge is 0.497 e. The molecule has 0 saturated heterocycles. The molecule has 3 aromatic rings. The van der Waals surface area contributed by atoms with Crippen molar-refractivity contribution in [2.45, 2.75) is 12.8 Å². The molecule has 7 heteroatoms. The Kier molecular flexibility index (Phi) is 6.86. The van der Waals surface area contributed by atoms with E-state index >= 15 is 0 Å². The maximum absolute atomic E-state index is 13.0. The van der Waals surface area contributed by atoms with Gasteiger partial charge in [0, 0.05) is 30.8 Å². The van der Waals surface area contributed by atoms with Crippen LogP contribution in [0.1, 0.15) is 21.5 Å². The number of rotatable bonds is 9. The monoisotopic (exact) mass is 395 g/mol. The molecule has 0 unspecified atom stereocenters. The zero-order valence-electron chi connectivity index (χ0n) is 16.3. The van der Waals surface area contributed by atoms with Gasteiger partial charge >= 0.3 is 0 Å². The van der Waals surface area contributed by atoms with Gasteiger partial charge in [-0.3, -0.25) is 4.79 Å². The molecule has 3 rings (SSSR count). The van der Waals surface area contributed by atoms with E-state index in [1.807, 2.05) is 12.1 Å². The summed E-state index contributed by atoms with van der Waals surface area (Å²) in [5.41, 5.74) is 3.22. The van der Waals surface area contributed by atoms with Crippen LogP contribution in [-0.2, 0) is 17.6 Å². The first-order valence-electron chi connectivity index (χ1n) is 9.11. The third-order valence-corrected chi connectivity index (χ3v) is 4.31. The fourth-order valence-electron chi connectivity index (χ4n) is 2.80. The maximum Gasteiger partial charge on any atom is 0.227 e. The van der Waals surface area contributed by atoms with E-state index in [9.17, 15) is 9.18 Å². The number of benzene rings is 2. The number of ether oxygens (including phenoxy) is 2. The number of hydrogen-bond acceptors (Lipinski definition) is 6. The Morgan fingerprint density at radius 3 is 2.34 bits per heavy atom. The standard InChI is InChI=1S/C22H22FN3O3/c1-28-14-21(27)17-9-15(10-20(11-17)29-2)3-4-16-12-24-22(25-13-16)26-19-7-5-18(23)6-8-19/h5-13H,3-4,14H2,1-2H3,(H,24,25,26). The van der Waals surface area contributed by atoms with Crippen LogP contribution in [0.15, 0.2) is 54.9 Å². The normalized spacial score (nSPS) is 10.6. The molecule has 1 N–H and O–H groups in total. The number of methoxy groups -OCH3 is 2. The van der Waals surface area contributed by atoms with Crippen molar-refractivity contribution in [3.8, 4) is 5.75 Å². The third kappa shape index (κ3) is 5.83. The summed E-state index contributed by atoms with van der Waals surface area (Å²) in [7, 11) is 3.07. The van der Waals surface area contributed by atoms with Crippen molar-refractivity contribution in [3.63, 3.8) is 0 Å². The highest BCUT2D eigenvalue weighted by atomic mass is 19.1. The fraction of sp³-hybridized carbons (Fsp3) is 0.227. The molecule has 0 aliphatic rings. The minimum Gasteiger partial charge on any atom is -0.497 e. The number of halogens is 1. The molecule has 0 aliphatic carbocycles. The molecule has 0 aliphatic heterocycles. The zero-order valence-corrected chi connectivity index (χ0v) is 16.3. The second-order valence-electron chi connectivity index (χ2n) is 6.47. The molecule has 0 spiro atoms. The van der Waals surface area contributed by atoms with Crippen molar-refractivity contribution in [2.75, 3.05) is 26.1 Å². The van der Waals surface area contributed by atoms with Crippen LogP contribution in [0.4, 0.5) is 16.0 Å². The quantitative estimate of drug-likeness (QED) is 0.553. The molecule has 1 aromatic heterocycles. The molecule has 0 bridgehead atoms. The summed E-state index contributed by atoms with van der Waals surface area (Å²) in [6, 6.07) is 11.5. The third-order valence-electron chi connectivity index (χ3n) is 4.31. The Labute approximate surface area is 168 Å². The van der Waals surface area contributed by atoms with Gasteiger partial charge in [-0.25, -0.2) is 14.4 Å². The second-order valence-corrected chi connectivity index (χ2v) is 6.47. The number of anilines is 2. The molecule has 150 valence electrons. The van der Waals surface area contributed by atoms with Crippen molar-refractivity contribution in [1.82, 2.24) is 9.97 Å². The minimum atomic E-state index is -0.295. The molecule has 0 saturated carbocycles. The number of aryl methyl sites for hydroxylation is 2. The molecule has 0 radical (unpaired) electrons. The molecule has 0 fully saturated rings. The topological polar surface area (TPSA) is 73.3 Å². The van der Waals surface area contributed by atoms with E-state index in [-0.39, 0.29) is 18.2 Å². The lowest BCUT2D eigenvalue weighted by molar-refractivity contribution is 0.0847. The molecule has 0 amide bonds. The summed E-state index contributed by atoms with van der Waals surface area (Å²) in [6.45, 7) is 0.0307. The van der Waals surface area contributed by atoms with Gasteiger partial charge in [-0.2, -0.15) is 0 Å². The lowest BCUT2D eigenvalue weighted by Gasteiger charge is -2.09. The fourth-order valence-corrected chi connectivity index (χ4v) is 2.80. The van der Waals surface area contributed by atoms with E-state index in [2.05, 4.69) is 15.3 Å². The Hall–Kier alpha value is -3.32. The molecule has 6 nitrogen and oxygen atoms in total. The van der Waals surface area contributed by atoms with E-state index in [1.54, 1.807) is 37.7 Å². The van der Waals surface area contributed by atoms with E-state index < -0.39 is 0 Å². The van der Waals surface area contributed by atoms with Crippen LogP contribution < -0.4 is 10.1 Å². The Morgan fingerprint density at radius 2 is 1.69 bits per heavy atom. The molecule has 2 aromatic carbocycles. The first-order chi connectivity index (χ1) is 14.1. The van der Waals surface area contributed by atoms with Crippen molar-refractivity contribution >= 4 is 17.4 Å².